The van der Waals surface area contributed by atoms with Crippen molar-refractivity contribution in [3.8, 4) is 11.5 Å². The second kappa shape index (κ2) is 9.18. The van der Waals surface area contributed by atoms with Gasteiger partial charge in [0.05, 0.1) is 32.9 Å². The van der Waals surface area contributed by atoms with Gasteiger partial charge < -0.3 is 19.7 Å². The van der Waals surface area contributed by atoms with Gasteiger partial charge >= 0.3 is 0 Å². The first-order valence-corrected chi connectivity index (χ1v) is 10.7. The van der Waals surface area contributed by atoms with Crippen molar-refractivity contribution in [1.82, 2.24) is 9.88 Å². The number of nitrogens with one attached hydrogen (secondary N) is 1. The van der Waals surface area contributed by atoms with Crippen LogP contribution in [-0.4, -0.2) is 42.5 Å². The fraction of sp³-hybridized carbons (Fsp3) is 0.261. The Morgan fingerprint density at radius 3 is 2.61 bits per heavy atom. The van der Waals surface area contributed by atoms with E-state index < -0.39 is 0 Å². The average molecular weight is 438 g/mol. The van der Waals surface area contributed by atoms with Crippen molar-refractivity contribution >= 4 is 28.3 Å². The smallest absolute Gasteiger partial charge is 0.254 e. The summed E-state index contributed by atoms with van der Waals surface area (Å²) in [7, 11) is 3.14. The molecular weight excluding hydrogens is 414 g/mol. The molecule has 0 saturated heterocycles. The Labute approximate surface area is 184 Å². The van der Waals surface area contributed by atoms with Crippen LogP contribution in [0.1, 0.15) is 26.5 Å². The number of fused-ring (bicyclic) bond motifs is 1. The number of amides is 2. The van der Waals surface area contributed by atoms with Crippen LogP contribution < -0.4 is 14.8 Å². The quantitative estimate of drug-likeness (QED) is 0.638. The van der Waals surface area contributed by atoms with E-state index in [1.54, 1.807) is 26.4 Å². The summed E-state index contributed by atoms with van der Waals surface area (Å²) < 4.78 is 10.5. The molecule has 31 heavy (non-hydrogen) atoms. The van der Waals surface area contributed by atoms with E-state index in [4.69, 9.17) is 9.47 Å². The average Bonchev–Trinajstić information content (AvgIpc) is 3.20. The molecule has 0 bridgehead atoms. The molecule has 160 valence electrons. The number of rotatable bonds is 6. The van der Waals surface area contributed by atoms with E-state index in [2.05, 4.69) is 10.3 Å². The topological polar surface area (TPSA) is 80.8 Å². The van der Waals surface area contributed by atoms with Gasteiger partial charge in [-0.25, -0.2) is 4.98 Å². The summed E-state index contributed by atoms with van der Waals surface area (Å²) in [4.78, 5) is 32.6. The van der Waals surface area contributed by atoms with E-state index in [9.17, 15) is 9.59 Å². The number of ether oxygens (including phenoxy) is 2. The summed E-state index contributed by atoms with van der Waals surface area (Å²) in [6, 6.07) is 14.7. The van der Waals surface area contributed by atoms with Crippen LogP contribution in [0.4, 0.5) is 5.13 Å². The van der Waals surface area contributed by atoms with Gasteiger partial charge in [-0.2, -0.15) is 0 Å². The minimum atomic E-state index is -0.157. The molecule has 1 aromatic heterocycles. The SMILES string of the molecule is COc1ccc(CC(=O)Nc2nc3c(s2)CN(C(=O)c2ccccc2)CC3)cc1OC. The van der Waals surface area contributed by atoms with Crippen LogP contribution in [0.25, 0.3) is 0 Å². The van der Waals surface area contributed by atoms with Gasteiger partial charge in [-0.1, -0.05) is 35.6 Å². The van der Waals surface area contributed by atoms with Crippen LogP contribution in [-0.2, 0) is 24.2 Å². The molecular formula is C23H23N3O4S. The Bertz CT molecular complexity index is 1100. The second-order valence-electron chi connectivity index (χ2n) is 7.15. The van der Waals surface area contributed by atoms with E-state index in [1.807, 2.05) is 41.3 Å². The molecule has 0 spiro atoms. The first-order valence-electron chi connectivity index (χ1n) is 9.91. The number of hydrogen-bond donors (Lipinski definition) is 1. The lowest BCUT2D eigenvalue weighted by molar-refractivity contribution is -0.115. The molecule has 7 nitrogen and oxygen atoms in total. The van der Waals surface area contributed by atoms with Gasteiger partial charge in [-0.15, -0.1) is 0 Å². The van der Waals surface area contributed by atoms with Gasteiger partial charge in [0.2, 0.25) is 5.91 Å². The van der Waals surface area contributed by atoms with Crippen molar-refractivity contribution in [2.45, 2.75) is 19.4 Å². The number of hydrogen-bond acceptors (Lipinski definition) is 6. The normalized spacial score (nSPS) is 12.8. The van der Waals surface area contributed by atoms with Crippen LogP contribution in [0.2, 0.25) is 0 Å². The van der Waals surface area contributed by atoms with Crippen LogP contribution >= 0.6 is 11.3 Å². The molecule has 1 N–H and O–H groups in total. The monoisotopic (exact) mass is 437 g/mol. The lowest BCUT2D eigenvalue weighted by Crippen LogP contribution is -2.35. The summed E-state index contributed by atoms with van der Waals surface area (Å²) >= 11 is 1.42. The van der Waals surface area contributed by atoms with Crippen LogP contribution in [0.15, 0.2) is 48.5 Å². The Kier molecular flexibility index (Phi) is 6.18. The summed E-state index contributed by atoms with van der Waals surface area (Å²) in [5.74, 6) is 1.06. The minimum absolute atomic E-state index is 0.0127. The third kappa shape index (κ3) is 4.69. The van der Waals surface area contributed by atoms with Crippen LogP contribution in [0.5, 0.6) is 11.5 Å². The molecule has 8 heteroatoms. The molecule has 1 aliphatic rings. The number of carbonyl (C=O) groups excluding carboxylic acids is 2. The zero-order valence-electron chi connectivity index (χ0n) is 17.4. The van der Waals surface area contributed by atoms with Gasteiger partial charge in [0, 0.05) is 23.4 Å². The van der Waals surface area contributed by atoms with Crippen molar-refractivity contribution in [2.75, 3.05) is 26.1 Å². The van der Waals surface area contributed by atoms with E-state index in [-0.39, 0.29) is 18.2 Å². The number of carbonyl (C=O) groups is 2. The third-order valence-corrected chi connectivity index (χ3v) is 6.10. The highest BCUT2D eigenvalue weighted by atomic mass is 32.1. The second-order valence-corrected chi connectivity index (χ2v) is 8.23. The summed E-state index contributed by atoms with van der Waals surface area (Å²) in [5.41, 5.74) is 2.44. The van der Waals surface area contributed by atoms with Crippen LogP contribution in [0, 0.1) is 0 Å². The van der Waals surface area contributed by atoms with E-state index >= 15 is 0 Å². The number of methoxy groups -OCH3 is 2. The highest BCUT2D eigenvalue weighted by Gasteiger charge is 2.25. The molecule has 2 aromatic carbocycles. The maximum Gasteiger partial charge on any atom is 0.254 e. The largest absolute Gasteiger partial charge is 0.493 e. The fourth-order valence-electron chi connectivity index (χ4n) is 3.53. The predicted molar refractivity (Wildman–Crippen MR) is 119 cm³/mol. The van der Waals surface area contributed by atoms with Gasteiger partial charge in [-0.3, -0.25) is 9.59 Å². The van der Waals surface area contributed by atoms with Gasteiger partial charge in [-0.05, 0) is 29.8 Å². The molecule has 0 atom stereocenters. The van der Waals surface area contributed by atoms with Gasteiger partial charge in [0.15, 0.2) is 16.6 Å². The Balaban J connectivity index is 1.40. The predicted octanol–water partition coefficient (Wildman–Crippen LogP) is 3.54. The number of anilines is 1. The third-order valence-electron chi connectivity index (χ3n) is 5.10. The van der Waals surface area contributed by atoms with E-state index in [1.165, 1.54) is 11.3 Å². The first kappa shape index (κ1) is 20.9. The van der Waals surface area contributed by atoms with Crippen LogP contribution in [0.3, 0.4) is 0 Å². The number of aromatic nitrogens is 1. The Hall–Kier alpha value is -3.39. The standard InChI is InChI=1S/C23H23N3O4S/c1-29-18-9-8-15(12-19(18)30-2)13-21(27)25-23-24-17-10-11-26(14-20(17)31-23)22(28)16-6-4-3-5-7-16/h3-9,12H,10-11,13-14H2,1-2H3,(H,24,25,27). The highest BCUT2D eigenvalue weighted by molar-refractivity contribution is 7.15. The first-order chi connectivity index (χ1) is 15.1. The number of nitrogens with zero attached hydrogens (tertiary/aromatic N) is 2. The van der Waals surface area contributed by atoms with Gasteiger partial charge in [0.1, 0.15) is 0 Å². The lowest BCUT2D eigenvalue weighted by atomic mass is 10.1. The maximum atomic E-state index is 12.7. The Morgan fingerprint density at radius 2 is 1.87 bits per heavy atom. The maximum absolute atomic E-state index is 12.7. The molecule has 4 rings (SSSR count). The minimum Gasteiger partial charge on any atom is -0.493 e. The summed E-state index contributed by atoms with van der Waals surface area (Å²) in [6.07, 6.45) is 0.874. The molecule has 0 fully saturated rings. The number of benzene rings is 2. The molecule has 2 heterocycles. The summed E-state index contributed by atoms with van der Waals surface area (Å²) in [6.45, 7) is 1.12. The van der Waals surface area contributed by atoms with Crippen molar-refractivity contribution < 1.29 is 19.1 Å². The fourth-order valence-corrected chi connectivity index (χ4v) is 4.57. The molecule has 1 aliphatic heterocycles. The molecule has 0 saturated carbocycles. The van der Waals surface area contributed by atoms with E-state index in [0.29, 0.717) is 41.7 Å². The molecule has 2 amide bonds. The Morgan fingerprint density at radius 1 is 1.10 bits per heavy atom. The molecule has 0 aliphatic carbocycles. The highest BCUT2D eigenvalue weighted by Crippen LogP contribution is 2.30. The van der Waals surface area contributed by atoms with Crippen molar-refractivity contribution in [2.24, 2.45) is 0 Å². The van der Waals surface area contributed by atoms with Gasteiger partial charge in [0.25, 0.3) is 5.91 Å². The lowest BCUT2D eigenvalue weighted by Gasteiger charge is -2.26. The van der Waals surface area contributed by atoms with Crippen molar-refractivity contribution in [3.05, 3.63) is 70.2 Å². The molecule has 0 radical (unpaired) electrons. The summed E-state index contributed by atoms with van der Waals surface area (Å²) in [5, 5.41) is 3.44. The van der Waals surface area contributed by atoms with Crippen molar-refractivity contribution in [1.29, 1.82) is 0 Å². The number of thiazole rings is 1. The molecule has 0 unspecified atom stereocenters. The zero-order chi connectivity index (χ0) is 21.8. The van der Waals surface area contributed by atoms with Crippen molar-refractivity contribution in [3.63, 3.8) is 0 Å². The zero-order valence-corrected chi connectivity index (χ0v) is 18.2. The molecule has 3 aromatic rings. The van der Waals surface area contributed by atoms with E-state index in [0.717, 1.165) is 16.1 Å².